The van der Waals surface area contributed by atoms with E-state index >= 15 is 0 Å². The van der Waals surface area contributed by atoms with Gasteiger partial charge in [-0.25, -0.2) is 14.3 Å². The van der Waals surface area contributed by atoms with Crippen LogP contribution in [-0.2, 0) is 37.5 Å². The first-order valence-electron chi connectivity index (χ1n) is 13.5. The van der Waals surface area contributed by atoms with Crippen molar-refractivity contribution in [2.45, 2.75) is 46.6 Å². The minimum Gasteiger partial charge on any atom is -0.332 e. The zero-order chi connectivity index (χ0) is 28.1. The third-order valence-corrected chi connectivity index (χ3v) is 6.81. The number of benzene rings is 3. The molecule has 1 amide bonds. The van der Waals surface area contributed by atoms with E-state index in [1.165, 1.54) is 4.57 Å². The maximum Gasteiger partial charge on any atom is 0.333 e. The van der Waals surface area contributed by atoms with Crippen LogP contribution in [0.5, 0.6) is 0 Å². The lowest BCUT2D eigenvalue weighted by atomic mass is 10.1. The van der Waals surface area contributed by atoms with Gasteiger partial charge in [-0.05, 0) is 22.6 Å². The fourth-order valence-corrected chi connectivity index (χ4v) is 4.89. The van der Waals surface area contributed by atoms with Crippen LogP contribution in [0.4, 0.5) is 0 Å². The van der Waals surface area contributed by atoms with Gasteiger partial charge in [0.1, 0.15) is 6.54 Å². The van der Waals surface area contributed by atoms with E-state index in [9.17, 15) is 14.4 Å². The Bertz CT molecular complexity index is 1660. The highest BCUT2D eigenvalue weighted by molar-refractivity contribution is 5.77. The zero-order valence-corrected chi connectivity index (χ0v) is 22.8. The van der Waals surface area contributed by atoms with Crippen LogP contribution in [0.25, 0.3) is 11.2 Å². The number of amides is 1. The second kappa shape index (κ2) is 12.0. The lowest BCUT2D eigenvalue weighted by molar-refractivity contribution is -0.133. The lowest BCUT2D eigenvalue weighted by Crippen LogP contribution is -2.45. The molecule has 40 heavy (non-hydrogen) atoms. The highest BCUT2D eigenvalue weighted by Crippen LogP contribution is 2.14. The summed E-state index contributed by atoms with van der Waals surface area (Å²) in [5.41, 5.74) is 2.43. The Labute approximate surface area is 232 Å². The zero-order valence-electron chi connectivity index (χ0n) is 22.8. The van der Waals surface area contributed by atoms with E-state index in [0.29, 0.717) is 30.8 Å². The van der Waals surface area contributed by atoms with Crippen molar-refractivity contribution >= 4 is 17.1 Å². The van der Waals surface area contributed by atoms with Gasteiger partial charge in [-0.3, -0.25) is 14.2 Å². The minimum absolute atomic E-state index is 0.237. The molecule has 0 aliphatic heterocycles. The van der Waals surface area contributed by atoms with Gasteiger partial charge in [-0.15, -0.1) is 0 Å². The first-order valence-corrected chi connectivity index (χ1v) is 13.5. The Morgan fingerprint density at radius 2 is 1.30 bits per heavy atom. The van der Waals surface area contributed by atoms with E-state index in [1.807, 2.05) is 91.0 Å². The molecule has 0 fully saturated rings. The summed E-state index contributed by atoms with van der Waals surface area (Å²) in [5, 5.41) is 0. The van der Waals surface area contributed by atoms with Gasteiger partial charge in [-0.1, -0.05) is 105 Å². The van der Waals surface area contributed by atoms with E-state index < -0.39 is 11.2 Å². The van der Waals surface area contributed by atoms with Gasteiger partial charge in [0.2, 0.25) is 5.91 Å². The Hall–Kier alpha value is -4.72. The first-order chi connectivity index (χ1) is 19.4. The molecular formula is C32H33N5O3. The molecule has 0 unspecified atom stereocenters. The Morgan fingerprint density at radius 3 is 1.82 bits per heavy atom. The Kier molecular flexibility index (Phi) is 8.05. The van der Waals surface area contributed by atoms with Crippen LogP contribution in [-0.4, -0.2) is 29.5 Å². The van der Waals surface area contributed by atoms with Crippen molar-refractivity contribution in [1.29, 1.82) is 0 Å². The van der Waals surface area contributed by atoms with E-state index in [0.717, 1.165) is 21.3 Å². The monoisotopic (exact) mass is 535 g/mol. The average molecular weight is 536 g/mol. The number of imidazole rings is 1. The molecule has 5 rings (SSSR count). The summed E-state index contributed by atoms with van der Waals surface area (Å²) in [5.74, 6) is -0.0546. The van der Waals surface area contributed by atoms with Crippen LogP contribution in [0.15, 0.2) is 107 Å². The van der Waals surface area contributed by atoms with E-state index in [2.05, 4.69) is 18.8 Å². The molecule has 0 bridgehead atoms. The molecule has 5 aromatic rings. The van der Waals surface area contributed by atoms with Gasteiger partial charge in [-0.2, -0.15) is 0 Å². The molecular weight excluding hydrogens is 502 g/mol. The smallest absolute Gasteiger partial charge is 0.332 e. The van der Waals surface area contributed by atoms with Crippen LogP contribution >= 0.6 is 0 Å². The quantitative estimate of drug-likeness (QED) is 0.267. The predicted molar refractivity (Wildman–Crippen MR) is 156 cm³/mol. The van der Waals surface area contributed by atoms with E-state index in [-0.39, 0.29) is 24.9 Å². The summed E-state index contributed by atoms with van der Waals surface area (Å²) in [4.78, 5) is 47.6. The van der Waals surface area contributed by atoms with Crippen molar-refractivity contribution < 1.29 is 4.79 Å². The molecule has 8 heteroatoms. The molecule has 2 heterocycles. The second-order valence-corrected chi connectivity index (χ2v) is 10.4. The number of aromatic nitrogens is 4. The molecule has 2 aromatic heterocycles. The molecule has 0 spiro atoms. The molecule has 204 valence electrons. The van der Waals surface area contributed by atoms with Crippen molar-refractivity contribution in [2.24, 2.45) is 5.92 Å². The molecule has 0 radical (unpaired) electrons. The van der Waals surface area contributed by atoms with Gasteiger partial charge >= 0.3 is 5.69 Å². The van der Waals surface area contributed by atoms with Crippen LogP contribution < -0.4 is 11.2 Å². The second-order valence-electron chi connectivity index (χ2n) is 10.4. The number of carbonyl (C=O) groups is 1. The van der Waals surface area contributed by atoms with Crippen molar-refractivity contribution in [3.05, 3.63) is 135 Å². The number of fused-ring (bicyclic) bond motifs is 1. The topological polar surface area (TPSA) is 82.1 Å². The Morgan fingerprint density at radius 1 is 0.775 bits per heavy atom. The summed E-state index contributed by atoms with van der Waals surface area (Å²) in [6, 6.07) is 29.0. The number of rotatable bonds is 10. The highest BCUT2D eigenvalue weighted by atomic mass is 16.2. The van der Waals surface area contributed by atoms with Crippen molar-refractivity contribution in [1.82, 2.24) is 23.6 Å². The van der Waals surface area contributed by atoms with Crippen LogP contribution in [0.2, 0.25) is 0 Å². The number of hydrogen-bond donors (Lipinski definition) is 0. The van der Waals surface area contributed by atoms with E-state index in [1.54, 1.807) is 15.8 Å². The molecule has 0 aliphatic rings. The third-order valence-electron chi connectivity index (χ3n) is 6.81. The lowest BCUT2D eigenvalue weighted by Gasteiger charge is -2.24. The summed E-state index contributed by atoms with van der Waals surface area (Å²) < 4.78 is 4.35. The number of hydrogen-bond acceptors (Lipinski definition) is 4. The average Bonchev–Trinajstić information content (AvgIpc) is 3.37. The highest BCUT2D eigenvalue weighted by Gasteiger charge is 2.23. The third kappa shape index (κ3) is 5.96. The molecule has 8 nitrogen and oxygen atoms in total. The van der Waals surface area contributed by atoms with Crippen LogP contribution in [0.1, 0.15) is 30.5 Å². The maximum absolute atomic E-state index is 13.8. The van der Waals surface area contributed by atoms with Crippen molar-refractivity contribution in [3.8, 4) is 0 Å². The van der Waals surface area contributed by atoms with Gasteiger partial charge in [0.05, 0.1) is 12.9 Å². The molecule has 0 aliphatic carbocycles. The molecule has 0 saturated heterocycles. The molecule has 0 N–H and O–H groups in total. The standard InChI is InChI=1S/C32H33N5O3/c1-24(2)18-35-23-33-30-29(35)31(39)37(32(40)36(30)21-27-16-10-5-11-17-27)22-28(38)34(19-25-12-6-3-7-13-25)20-26-14-8-4-9-15-26/h3-17,23-24H,18-22H2,1-2H3. The summed E-state index contributed by atoms with van der Waals surface area (Å²) in [6.45, 7) is 5.26. The summed E-state index contributed by atoms with van der Waals surface area (Å²) in [7, 11) is 0. The minimum atomic E-state index is -0.552. The maximum atomic E-state index is 13.8. The number of carbonyl (C=O) groups excluding carboxylic acids is 1. The largest absolute Gasteiger partial charge is 0.333 e. The van der Waals surface area contributed by atoms with Crippen molar-refractivity contribution in [2.75, 3.05) is 0 Å². The van der Waals surface area contributed by atoms with Gasteiger partial charge in [0.25, 0.3) is 5.56 Å². The van der Waals surface area contributed by atoms with Crippen LogP contribution in [0.3, 0.4) is 0 Å². The van der Waals surface area contributed by atoms with Crippen molar-refractivity contribution in [3.63, 3.8) is 0 Å². The predicted octanol–water partition coefficient (Wildman–Crippen LogP) is 4.29. The van der Waals surface area contributed by atoms with Gasteiger partial charge < -0.3 is 9.47 Å². The van der Waals surface area contributed by atoms with E-state index in [4.69, 9.17) is 0 Å². The summed E-state index contributed by atoms with van der Waals surface area (Å²) >= 11 is 0. The molecule has 0 atom stereocenters. The molecule has 0 saturated carbocycles. The first kappa shape index (κ1) is 26.9. The summed E-state index contributed by atoms with van der Waals surface area (Å²) in [6.07, 6.45) is 1.61. The van der Waals surface area contributed by atoms with Crippen LogP contribution in [0, 0.1) is 5.92 Å². The van der Waals surface area contributed by atoms with Gasteiger partial charge in [0.15, 0.2) is 11.2 Å². The Balaban J connectivity index is 1.57. The SMILES string of the molecule is CC(C)Cn1cnc2c1c(=O)n(CC(=O)N(Cc1ccccc1)Cc1ccccc1)c(=O)n2Cc1ccccc1. The van der Waals surface area contributed by atoms with Gasteiger partial charge in [0, 0.05) is 19.6 Å². The number of nitrogens with zero attached hydrogens (tertiary/aromatic N) is 5. The molecule has 3 aromatic carbocycles. The fraction of sp³-hybridized carbons (Fsp3) is 0.250. The normalized spacial score (nSPS) is 11.3. The fourth-order valence-electron chi connectivity index (χ4n) is 4.89.